The van der Waals surface area contributed by atoms with Gasteiger partial charge >= 0.3 is 0 Å². The molecule has 154 valence electrons. The van der Waals surface area contributed by atoms with Crippen molar-refractivity contribution in [2.45, 2.75) is 38.3 Å². The zero-order chi connectivity index (χ0) is 20.7. The lowest BCUT2D eigenvalue weighted by atomic mass is 9.61. The van der Waals surface area contributed by atoms with Crippen LogP contribution in [0.1, 0.15) is 25.3 Å². The highest BCUT2D eigenvalue weighted by Gasteiger charge is 2.54. The van der Waals surface area contributed by atoms with E-state index in [1.807, 2.05) is 19.1 Å². The number of carbonyl (C=O) groups excluding carboxylic acids is 1. The highest BCUT2D eigenvalue weighted by Crippen LogP contribution is 2.50. The molecule has 1 atom stereocenters. The summed E-state index contributed by atoms with van der Waals surface area (Å²) in [4.78, 5) is 23.2. The fraction of sp³-hybridized carbons (Fsp3) is 0.375. The Kier molecular flexibility index (Phi) is 4.74. The number of ketones is 1. The maximum Gasteiger partial charge on any atom is 0.154 e. The summed E-state index contributed by atoms with van der Waals surface area (Å²) in [6.45, 7) is 3.85. The van der Waals surface area contributed by atoms with Crippen LogP contribution in [0.15, 0.2) is 55.0 Å². The Bertz CT molecular complexity index is 1070. The van der Waals surface area contributed by atoms with E-state index in [2.05, 4.69) is 14.9 Å². The van der Waals surface area contributed by atoms with Gasteiger partial charge in [-0.25, -0.2) is 4.39 Å². The van der Waals surface area contributed by atoms with Crippen LogP contribution in [0.3, 0.4) is 0 Å². The number of hydrogen-bond donors (Lipinski definition) is 0. The molecule has 0 N–H and O–H groups in total. The van der Waals surface area contributed by atoms with Gasteiger partial charge in [-0.1, -0.05) is 6.07 Å². The van der Waals surface area contributed by atoms with Crippen LogP contribution in [-0.4, -0.2) is 45.9 Å². The summed E-state index contributed by atoms with van der Waals surface area (Å²) in [5.41, 5.74) is 1.95. The molecule has 1 spiro atoms. The van der Waals surface area contributed by atoms with E-state index >= 15 is 0 Å². The first-order valence-corrected chi connectivity index (χ1v) is 10.4. The Morgan fingerprint density at radius 1 is 1.27 bits per heavy atom. The fourth-order valence-electron chi connectivity index (χ4n) is 4.77. The zero-order valence-corrected chi connectivity index (χ0v) is 16.9. The van der Waals surface area contributed by atoms with E-state index in [1.165, 1.54) is 12.1 Å². The van der Waals surface area contributed by atoms with Gasteiger partial charge < -0.3 is 4.74 Å². The number of benzene rings is 1. The van der Waals surface area contributed by atoms with Gasteiger partial charge in [0.05, 0.1) is 17.7 Å². The summed E-state index contributed by atoms with van der Waals surface area (Å²) in [6.07, 6.45) is 7.66. The Hall–Kier alpha value is -2.86. The summed E-state index contributed by atoms with van der Waals surface area (Å²) < 4.78 is 19.8. The Morgan fingerprint density at radius 2 is 2.10 bits per heavy atom. The lowest BCUT2D eigenvalue weighted by molar-refractivity contribution is -0.147. The second-order valence-corrected chi connectivity index (χ2v) is 8.70. The van der Waals surface area contributed by atoms with E-state index in [1.54, 1.807) is 30.7 Å². The van der Waals surface area contributed by atoms with E-state index in [4.69, 9.17) is 4.74 Å². The van der Waals surface area contributed by atoms with Crippen molar-refractivity contribution >= 4 is 16.7 Å². The van der Waals surface area contributed by atoms with E-state index in [0.717, 1.165) is 37.0 Å². The molecule has 1 saturated carbocycles. The van der Waals surface area contributed by atoms with Crippen molar-refractivity contribution < 1.29 is 13.9 Å². The van der Waals surface area contributed by atoms with Crippen LogP contribution in [0.25, 0.3) is 10.9 Å². The van der Waals surface area contributed by atoms with Crippen LogP contribution in [0, 0.1) is 11.2 Å². The standard InChI is InChI=1S/C24H24FN3O2/c1-16(22(29)9-17-3-2-7-26-13-17)28-14-24(15-28)11-19(12-24)30-23-6-8-27-21-5-4-18(25)10-20(21)23/h2-8,10,13,16,19H,9,11-12,14-15H2,1H3. The summed E-state index contributed by atoms with van der Waals surface area (Å²) in [6, 6.07) is 10.1. The predicted molar refractivity (Wildman–Crippen MR) is 112 cm³/mol. The second kappa shape index (κ2) is 7.43. The largest absolute Gasteiger partial charge is 0.490 e. The van der Waals surface area contributed by atoms with Gasteiger partial charge in [0.15, 0.2) is 5.78 Å². The average molecular weight is 405 g/mol. The van der Waals surface area contributed by atoms with E-state index in [0.29, 0.717) is 17.6 Å². The highest BCUT2D eigenvalue weighted by molar-refractivity contribution is 5.86. The maximum absolute atomic E-state index is 13.6. The molecule has 1 aliphatic carbocycles. The Labute approximate surface area is 174 Å². The molecule has 6 heteroatoms. The predicted octanol–water partition coefficient (Wildman–Crippen LogP) is 3.81. The molecule has 1 aromatic carbocycles. The van der Waals surface area contributed by atoms with Gasteiger partial charge in [0.2, 0.25) is 0 Å². The normalized spacial score (nSPS) is 19.3. The summed E-state index contributed by atoms with van der Waals surface area (Å²) in [7, 11) is 0. The van der Waals surface area contributed by atoms with E-state index in [9.17, 15) is 9.18 Å². The molecule has 1 saturated heterocycles. The van der Waals surface area contributed by atoms with Gasteiger partial charge in [-0.3, -0.25) is 19.7 Å². The number of fused-ring (bicyclic) bond motifs is 1. The van der Waals surface area contributed by atoms with Gasteiger partial charge in [0.1, 0.15) is 11.6 Å². The number of likely N-dealkylation sites (tertiary alicyclic amines) is 1. The first-order valence-electron chi connectivity index (χ1n) is 10.4. The first-order chi connectivity index (χ1) is 14.5. The summed E-state index contributed by atoms with van der Waals surface area (Å²) in [5.74, 6) is 0.635. The maximum atomic E-state index is 13.6. The fourth-order valence-corrected chi connectivity index (χ4v) is 4.77. The zero-order valence-electron chi connectivity index (χ0n) is 16.9. The molecule has 2 fully saturated rings. The quantitative estimate of drug-likeness (QED) is 0.624. The van der Waals surface area contributed by atoms with Gasteiger partial charge in [-0.2, -0.15) is 0 Å². The van der Waals surface area contributed by atoms with Crippen LogP contribution in [0.5, 0.6) is 5.75 Å². The van der Waals surface area contributed by atoms with Crippen molar-refractivity contribution in [2.75, 3.05) is 13.1 Å². The van der Waals surface area contributed by atoms with Crippen LogP contribution in [-0.2, 0) is 11.2 Å². The molecular weight excluding hydrogens is 381 g/mol. The summed E-state index contributed by atoms with van der Waals surface area (Å²) in [5, 5.41) is 0.711. The van der Waals surface area contributed by atoms with Gasteiger partial charge in [-0.05, 0) is 55.7 Å². The third-order valence-corrected chi connectivity index (χ3v) is 6.47. The van der Waals surface area contributed by atoms with Crippen molar-refractivity contribution in [2.24, 2.45) is 5.41 Å². The van der Waals surface area contributed by atoms with Gasteiger partial charge in [-0.15, -0.1) is 0 Å². The monoisotopic (exact) mass is 405 g/mol. The van der Waals surface area contributed by atoms with Crippen molar-refractivity contribution in [3.05, 3.63) is 66.4 Å². The van der Waals surface area contributed by atoms with Gasteiger partial charge in [0, 0.05) is 48.9 Å². The minimum atomic E-state index is -0.287. The van der Waals surface area contributed by atoms with E-state index in [-0.39, 0.29) is 29.2 Å². The molecular formula is C24H24FN3O2. The highest BCUT2D eigenvalue weighted by atomic mass is 19.1. The number of aromatic nitrogens is 2. The molecule has 1 unspecified atom stereocenters. The minimum Gasteiger partial charge on any atom is -0.490 e. The van der Waals surface area contributed by atoms with Gasteiger partial charge in [0.25, 0.3) is 0 Å². The van der Waals surface area contributed by atoms with E-state index < -0.39 is 0 Å². The molecule has 2 aromatic heterocycles. The molecule has 30 heavy (non-hydrogen) atoms. The Morgan fingerprint density at radius 3 is 2.87 bits per heavy atom. The number of ether oxygens (including phenoxy) is 1. The first kappa shape index (κ1) is 19.1. The molecule has 2 aliphatic rings. The van der Waals surface area contributed by atoms with Crippen LogP contribution in [0.4, 0.5) is 4.39 Å². The van der Waals surface area contributed by atoms with Crippen molar-refractivity contribution in [3.8, 4) is 5.75 Å². The lowest BCUT2D eigenvalue weighted by Gasteiger charge is -2.60. The lowest BCUT2D eigenvalue weighted by Crippen LogP contribution is -2.67. The number of pyridine rings is 2. The van der Waals surface area contributed by atoms with Crippen LogP contribution < -0.4 is 4.74 Å². The topological polar surface area (TPSA) is 55.3 Å². The molecule has 3 heterocycles. The SMILES string of the molecule is CC(C(=O)Cc1cccnc1)N1CC2(CC(Oc3ccnc4ccc(F)cc34)C2)C1. The number of nitrogens with zero attached hydrogens (tertiary/aromatic N) is 3. The molecule has 0 amide bonds. The van der Waals surface area contributed by atoms with Crippen molar-refractivity contribution in [1.82, 2.24) is 14.9 Å². The molecule has 0 bridgehead atoms. The molecule has 0 radical (unpaired) electrons. The van der Waals surface area contributed by atoms with Crippen molar-refractivity contribution in [3.63, 3.8) is 0 Å². The smallest absolute Gasteiger partial charge is 0.154 e. The third kappa shape index (κ3) is 3.56. The average Bonchev–Trinajstić information content (AvgIpc) is 2.69. The number of halogens is 1. The Balaban J connectivity index is 1.15. The number of rotatable bonds is 6. The van der Waals surface area contributed by atoms with Crippen LogP contribution in [0.2, 0.25) is 0 Å². The molecule has 5 nitrogen and oxygen atoms in total. The minimum absolute atomic E-state index is 0.0806. The van der Waals surface area contributed by atoms with Crippen molar-refractivity contribution in [1.29, 1.82) is 0 Å². The second-order valence-electron chi connectivity index (χ2n) is 8.70. The third-order valence-electron chi connectivity index (χ3n) is 6.47. The summed E-state index contributed by atoms with van der Waals surface area (Å²) >= 11 is 0. The molecule has 3 aromatic rings. The van der Waals surface area contributed by atoms with Crippen LogP contribution >= 0.6 is 0 Å². The number of Topliss-reactive ketones (excluding diaryl/α,β-unsaturated/α-hetero) is 1. The number of hydrogen-bond acceptors (Lipinski definition) is 5. The molecule has 5 rings (SSSR count). The molecule has 1 aliphatic heterocycles. The number of carbonyl (C=O) groups is 1.